The summed E-state index contributed by atoms with van der Waals surface area (Å²) in [5.74, 6) is -0.267. The highest BCUT2D eigenvalue weighted by Gasteiger charge is 2.14. The van der Waals surface area contributed by atoms with E-state index in [2.05, 4.69) is 5.32 Å². The van der Waals surface area contributed by atoms with Crippen molar-refractivity contribution in [1.82, 2.24) is 5.32 Å². The molecule has 0 saturated heterocycles. The first-order valence-electron chi connectivity index (χ1n) is 3.90. The van der Waals surface area contributed by atoms with E-state index in [9.17, 15) is 4.79 Å². The third kappa shape index (κ3) is 2.19. The molecule has 0 saturated carbocycles. The van der Waals surface area contributed by atoms with Crippen molar-refractivity contribution in [2.45, 2.75) is 6.04 Å². The lowest BCUT2D eigenvalue weighted by atomic mass is 10.1. The van der Waals surface area contributed by atoms with E-state index in [0.29, 0.717) is 0 Å². The molecule has 1 amide bonds. The Morgan fingerprint density at radius 2 is 2.00 bits per heavy atom. The number of nitrogens with two attached hydrogens (primary N) is 1. The van der Waals surface area contributed by atoms with Crippen molar-refractivity contribution in [3.8, 4) is 5.75 Å². The van der Waals surface area contributed by atoms with Gasteiger partial charge in [-0.05, 0) is 24.7 Å². The molecule has 1 rings (SSSR count). The zero-order valence-corrected chi connectivity index (χ0v) is 7.32. The number of phenolic OH excluding ortho intramolecular Hbond substituents is 1. The van der Waals surface area contributed by atoms with Crippen molar-refractivity contribution in [1.29, 1.82) is 0 Å². The van der Waals surface area contributed by atoms with E-state index >= 15 is 0 Å². The van der Waals surface area contributed by atoms with Crippen molar-refractivity contribution in [2.75, 3.05) is 7.05 Å². The van der Waals surface area contributed by atoms with Crippen LogP contribution in [0.2, 0.25) is 0 Å². The number of carbonyl (C=O) groups excluding carboxylic acids is 1. The van der Waals surface area contributed by atoms with Gasteiger partial charge >= 0.3 is 0 Å². The number of rotatable bonds is 3. The van der Waals surface area contributed by atoms with Gasteiger partial charge in [-0.2, -0.15) is 0 Å². The maximum atomic E-state index is 10.9. The fraction of sp³-hybridized carbons (Fsp3) is 0.222. The van der Waals surface area contributed by atoms with E-state index in [1.807, 2.05) is 0 Å². The van der Waals surface area contributed by atoms with Crippen molar-refractivity contribution in [3.63, 3.8) is 0 Å². The molecular formula is C9H12N2O2. The van der Waals surface area contributed by atoms with Crippen LogP contribution in [0.25, 0.3) is 0 Å². The topological polar surface area (TPSA) is 75.3 Å². The van der Waals surface area contributed by atoms with Crippen LogP contribution in [0.4, 0.5) is 0 Å². The maximum Gasteiger partial charge on any atom is 0.239 e. The Hall–Kier alpha value is -1.55. The molecule has 70 valence electrons. The minimum absolute atomic E-state index is 0.170. The van der Waals surface area contributed by atoms with Gasteiger partial charge in [0.1, 0.15) is 11.8 Å². The number of hydrogen-bond acceptors (Lipinski definition) is 3. The van der Waals surface area contributed by atoms with Crippen LogP contribution >= 0.6 is 0 Å². The van der Waals surface area contributed by atoms with Crippen LogP contribution in [-0.4, -0.2) is 18.1 Å². The summed E-state index contributed by atoms with van der Waals surface area (Å²) in [4.78, 5) is 10.9. The molecule has 0 bridgehead atoms. The van der Waals surface area contributed by atoms with Crippen molar-refractivity contribution in [2.24, 2.45) is 5.73 Å². The molecule has 1 aromatic carbocycles. The summed E-state index contributed by atoms with van der Waals surface area (Å²) in [6, 6.07) is 5.84. The van der Waals surface area contributed by atoms with Crippen LogP contribution in [-0.2, 0) is 4.79 Å². The van der Waals surface area contributed by atoms with E-state index in [1.54, 1.807) is 19.2 Å². The van der Waals surface area contributed by atoms with E-state index in [-0.39, 0.29) is 5.75 Å². The summed E-state index contributed by atoms with van der Waals surface area (Å²) in [7, 11) is 1.66. The molecule has 1 aromatic rings. The van der Waals surface area contributed by atoms with Crippen LogP contribution in [0.3, 0.4) is 0 Å². The summed E-state index contributed by atoms with van der Waals surface area (Å²) in [5, 5.41) is 11.8. The molecule has 0 aromatic heterocycles. The molecule has 0 heterocycles. The second-order valence-electron chi connectivity index (χ2n) is 2.72. The fourth-order valence-corrected chi connectivity index (χ4v) is 1.14. The smallest absolute Gasteiger partial charge is 0.239 e. The first-order chi connectivity index (χ1) is 6.15. The molecule has 0 fully saturated rings. The minimum atomic E-state index is -0.499. The Morgan fingerprint density at radius 1 is 1.46 bits per heavy atom. The van der Waals surface area contributed by atoms with Gasteiger partial charge in [-0.3, -0.25) is 4.79 Å². The van der Waals surface area contributed by atoms with E-state index in [4.69, 9.17) is 10.8 Å². The first kappa shape index (κ1) is 9.54. The number of hydrogen-bond donors (Lipinski definition) is 3. The number of nitrogens with one attached hydrogen (secondary N) is 1. The molecule has 0 spiro atoms. The Kier molecular flexibility index (Phi) is 2.87. The predicted octanol–water partition coefficient (Wildman–Crippen LogP) is 0.138. The van der Waals surface area contributed by atoms with E-state index in [0.717, 1.165) is 5.56 Å². The highest BCUT2D eigenvalue weighted by molar-refractivity contribution is 5.81. The molecule has 0 aliphatic rings. The van der Waals surface area contributed by atoms with Crippen LogP contribution in [0.15, 0.2) is 24.3 Å². The number of amides is 1. The molecule has 4 N–H and O–H groups in total. The van der Waals surface area contributed by atoms with Crippen LogP contribution in [0.5, 0.6) is 5.75 Å². The Labute approximate surface area is 76.4 Å². The molecule has 0 radical (unpaired) electrons. The highest BCUT2D eigenvalue weighted by atomic mass is 16.3. The molecule has 0 aliphatic carbocycles. The van der Waals surface area contributed by atoms with Gasteiger partial charge < -0.3 is 16.2 Å². The summed E-state index contributed by atoms with van der Waals surface area (Å²) in [6.45, 7) is 0. The number of likely N-dealkylation sites (N-methyl/N-ethyl adjacent to an activating group) is 1. The Balaban J connectivity index is 2.92. The predicted molar refractivity (Wildman–Crippen MR) is 49.1 cm³/mol. The molecule has 4 nitrogen and oxygen atoms in total. The van der Waals surface area contributed by atoms with Crippen LogP contribution in [0.1, 0.15) is 11.6 Å². The zero-order valence-electron chi connectivity index (χ0n) is 7.32. The number of primary amides is 1. The number of benzene rings is 1. The Bertz CT molecular complexity index is 295. The zero-order chi connectivity index (χ0) is 9.84. The van der Waals surface area contributed by atoms with Crippen LogP contribution in [0, 0.1) is 0 Å². The normalized spacial score (nSPS) is 12.4. The monoisotopic (exact) mass is 180 g/mol. The van der Waals surface area contributed by atoms with Crippen molar-refractivity contribution in [3.05, 3.63) is 29.8 Å². The summed E-state index contributed by atoms with van der Waals surface area (Å²) < 4.78 is 0. The quantitative estimate of drug-likeness (QED) is 0.619. The van der Waals surface area contributed by atoms with Gasteiger partial charge in [0, 0.05) is 0 Å². The maximum absolute atomic E-state index is 10.9. The third-order valence-corrected chi connectivity index (χ3v) is 1.80. The highest BCUT2D eigenvalue weighted by Crippen LogP contribution is 2.15. The minimum Gasteiger partial charge on any atom is -0.508 e. The molecule has 0 aliphatic heterocycles. The number of phenols is 1. The summed E-state index contributed by atoms with van der Waals surface area (Å²) in [5.41, 5.74) is 5.90. The average molecular weight is 180 g/mol. The second kappa shape index (κ2) is 3.91. The van der Waals surface area contributed by atoms with Gasteiger partial charge in [-0.1, -0.05) is 12.1 Å². The van der Waals surface area contributed by atoms with Crippen LogP contribution < -0.4 is 11.1 Å². The molecule has 4 heteroatoms. The first-order valence-corrected chi connectivity index (χ1v) is 3.90. The second-order valence-corrected chi connectivity index (χ2v) is 2.72. The Morgan fingerprint density at radius 3 is 2.38 bits per heavy atom. The lowest BCUT2D eigenvalue weighted by Gasteiger charge is -2.11. The molecule has 1 unspecified atom stereocenters. The standard InChI is InChI=1S/C9H12N2O2/c1-11-8(9(10)13)6-2-4-7(12)5-3-6/h2-5,8,11-12H,1H3,(H2,10,13). The van der Waals surface area contributed by atoms with Gasteiger partial charge in [0.25, 0.3) is 0 Å². The lowest BCUT2D eigenvalue weighted by Crippen LogP contribution is -2.31. The summed E-state index contributed by atoms with van der Waals surface area (Å²) >= 11 is 0. The number of carbonyl (C=O) groups is 1. The van der Waals surface area contributed by atoms with Gasteiger partial charge in [0.2, 0.25) is 5.91 Å². The van der Waals surface area contributed by atoms with Gasteiger partial charge in [-0.15, -0.1) is 0 Å². The third-order valence-electron chi connectivity index (χ3n) is 1.80. The van der Waals surface area contributed by atoms with Crippen molar-refractivity contribution >= 4 is 5.91 Å². The molecule has 13 heavy (non-hydrogen) atoms. The molecular weight excluding hydrogens is 168 g/mol. The van der Waals surface area contributed by atoms with Gasteiger partial charge in [0.15, 0.2) is 0 Å². The average Bonchev–Trinajstić information content (AvgIpc) is 2.09. The molecule has 1 atom stereocenters. The number of aromatic hydroxyl groups is 1. The van der Waals surface area contributed by atoms with Gasteiger partial charge in [-0.25, -0.2) is 0 Å². The fourth-order valence-electron chi connectivity index (χ4n) is 1.14. The lowest BCUT2D eigenvalue weighted by molar-refractivity contribution is -0.120. The summed E-state index contributed by atoms with van der Waals surface area (Å²) in [6.07, 6.45) is 0. The van der Waals surface area contributed by atoms with Crippen molar-refractivity contribution < 1.29 is 9.90 Å². The SMILES string of the molecule is CNC(C(N)=O)c1ccc(O)cc1. The van der Waals surface area contributed by atoms with E-state index in [1.165, 1.54) is 12.1 Å². The van der Waals surface area contributed by atoms with E-state index < -0.39 is 11.9 Å². The largest absolute Gasteiger partial charge is 0.508 e. The van der Waals surface area contributed by atoms with Gasteiger partial charge in [0.05, 0.1) is 0 Å².